The van der Waals surface area contributed by atoms with E-state index in [-0.39, 0.29) is 25.2 Å². The van der Waals surface area contributed by atoms with Crippen molar-refractivity contribution in [1.82, 2.24) is 10.6 Å². The third-order valence-corrected chi connectivity index (χ3v) is 2.33. The first-order valence-electron chi connectivity index (χ1n) is 5.09. The lowest BCUT2D eigenvalue weighted by atomic mass is 10.2. The molecule has 1 aliphatic heterocycles. The van der Waals surface area contributed by atoms with Crippen molar-refractivity contribution < 1.29 is 19.4 Å². The van der Waals surface area contributed by atoms with Crippen molar-refractivity contribution in [2.24, 2.45) is 0 Å². The maximum atomic E-state index is 11.1. The van der Waals surface area contributed by atoms with Crippen molar-refractivity contribution in [1.29, 1.82) is 0 Å². The third kappa shape index (κ3) is 4.00. The summed E-state index contributed by atoms with van der Waals surface area (Å²) >= 11 is 0. The molecule has 1 aliphatic rings. The van der Waals surface area contributed by atoms with E-state index in [9.17, 15) is 9.59 Å². The number of hydrogen-bond acceptors (Lipinski definition) is 5. The van der Waals surface area contributed by atoms with Crippen LogP contribution >= 0.6 is 0 Å². The van der Waals surface area contributed by atoms with Crippen LogP contribution in [0, 0.1) is 0 Å². The molecule has 1 heterocycles. The molecule has 1 rings (SSSR count). The minimum absolute atomic E-state index is 0.00242. The highest BCUT2D eigenvalue weighted by atomic mass is 16.5. The fraction of sp³-hybridized carbons (Fsp3) is 0.600. The lowest BCUT2D eigenvalue weighted by molar-refractivity contribution is -0.141. The standard InChI is InChI=1S/C10H16N2O4/c1-2-3-16-9(13)6-11-7-4-8(10(14)15)12-5-7/h2,7-8,11-12H,1,3-6H2,(H,14,15)/t7-,8+/m0/s1. The molecule has 0 aromatic rings. The van der Waals surface area contributed by atoms with E-state index in [1.807, 2.05) is 0 Å². The number of esters is 1. The lowest BCUT2D eigenvalue weighted by Crippen LogP contribution is -2.35. The van der Waals surface area contributed by atoms with Gasteiger partial charge in [-0.05, 0) is 6.42 Å². The summed E-state index contributed by atoms with van der Waals surface area (Å²) in [5, 5.41) is 14.5. The molecule has 0 amide bonds. The van der Waals surface area contributed by atoms with Crippen LogP contribution in [-0.2, 0) is 14.3 Å². The molecule has 0 unspecified atom stereocenters. The number of carbonyl (C=O) groups excluding carboxylic acids is 1. The topological polar surface area (TPSA) is 87.7 Å². The van der Waals surface area contributed by atoms with Crippen LogP contribution in [0.4, 0.5) is 0 Å². The smallest absolute Gasteiger partial charge is 0.320 e. The van der Waals surface area contributed by atoms with Gasteiger partial charge >= 0.3 is 11.9 Å². The Morgan fingerprint density at radius 2 is 2.38 bits per heavy atom. The Balaban J connectivity index is 2.17. The molecule has 90 valence electrons. The fourth-order valence-electron chi connectivity index (χ4n) is 1.51. The molecule has 16 heavy (non-hydrogen) atoms. The van der Waals surface area contributed by atoms with Gasteiger partial charge in [0.1, 0.15) is 12.6 Å². The maximum Gasteiger partial charge on any atom is 0.320 e. The number of carboxylic acid groups (broad SMARTS) is 1. The van der Waals surface area contributed by atoms with E-state index in [0.29, 0.717) is 13.0 Å². The molecule has 0 aromatic carbocycles. The average molecular weight is 228 g/mol. The molecular weight excluding hydrogens is 212 g/mol. The summed E-state index contributed by atoms with van der Waals surface area (Å²) < 4.78 is 4.77. The van der Waals surface area contributed by atoms with Crippen molar-refractivity contribution in [3.63, 3.8) is 0 Å². The normalized spacial score (nSPS) is 24.0. The van der Waals surface area contributed by atoms with Gasteiger partial charge in [0.15, 0.2) is 0 Å². The van der Waals surface area contributed by atoms with Crippen molar-refractivity contribution in [3.8, 4) is 0 Å². The zero-order valence-electron chi connectivity index (χ0n) is 8.94. The van der Waals surface area contributed by atoms with Gasteiger partial charge in [-0.25, -0.2) is 0 Å². The summed E-state index contributed by atoms with van der Waals surface area (Å²) in [6.45, 7) is 4.26. The number of ether oxygens (including phenoxy) is 1. The summed E-state index contributed by atoms with van der Waals surface area (Å²) in [4.78, 5) is 21.7. The molecule has 0 radical (unpaired) electrons. The summed E-state index contributed by atoms with van der Waals surface area (Å²) in [6, 6.07) is -0.529. The van der Waals surface area contributed by atoms with E-state index < -0.39 is 12.0 Å². The van der Waals surface area contributed by atoms with Gasteiger partial charge in [0.05, 0.1) is 6.54 Å². The highest BCUT2D eigenvalue weighted by molar-refractivity contribution is 5.74. The van der Waals surface area contributed by atoms with Crippen LogP contribution in [0.25, 0.3) is 0 Å². The van der Waals surface area contributed by atoms with E-state index in [1.54, 1.807) is 0 Å². The Labute approximate surface area is 93.7 Å². The van der Waals surface area contributed by atoms with Gasteiger partial charge in [0.25, 0.3) is 0 Å². The number of aliphatic carboxylic acids is 1. The number of carboxylic acids is 1. The van der Waals surface area contributed by atoms with E-state index in [4.69, 9.17) is 9.84 Å². The molecule has 0 bridgehead atoms. The Kier molecular flexibility index (Phi) is 4.94. The van der Waals surface area contributed by atoms with Crippen LogP contribution in [0.5, 0.6) is 0 Å². The molecule has 0 aliphatic carbocycles. The van der Waals surface area contributed by atoms with Gasteiger partial charge in [-0.2, -0.15) is 0 Å². The van der Waals surface area contributed by atoms with Gasteiger partial charge in [0, 0.05) is 12.6 Å². The molecule has 0 saturated carbocycles. The van der Waals surface area contributed by atoms with Crippen molar-refractivity contribution in [2.45, 2.75) is 18.5 Å². The maximum absolute atomic E-state index is 11.1. The summed E-state index contributed by atoms with van der Waals surface area (Å²) in [7, 11) is 0. The molecule has 6 nitrogen and oxygen atoms in total. The first kappa shape index (κ1) is 12.7. The monoisotopic (exact) mass is 228 g/mol. The molecule has 0 aromatic heterocycles. The summed E-state index contributed by atoms with van der Waals surface area (Å²) in [6.07, 6.45) is 1.97. The van der Waals surface area contributed by atoms with Crippen LogP contribution in [0.15, 0.2) is 12.7 Å². The number of carbonyl (C=O) groups is 2. The highest BCUT2D eigenvalue weighted by Crippen LogP contribution is 2.06. The molecule has 1 saturated heterocycles. The van der Waals surface area contributed by atoms with Crippen molar-refractivity contribution in [2.75, 3.05) is 19.7 Å². The van der Waals surface area contributed by atoms with E-state index in [2.05, 4.69) is 17.2 Å². The Hall–Kier alpha value is -1.40. The Morgan fingerprint density at radius 3 is 2.94 bits per heavy atom. The Morgan fingerprint density at radius 1 is 1.62 bits per heavy atom. The van der Waals surface area contributed by atoms with Crippen LogP contribution in [0.1, 0.15) is 6.42 Å². The molecule has 2 atom stereocenters. The zero-order valence-corrected chi connectivity index (χ0v) is 8.94. The summed E-state index contributed by atoms with van der Waals surface area (Å²) in [5.74, 6) is -1.22. The van der Waals surface area contributed by atoms with E-state index in [0.717, 1.165) is 0 Å². The van der Waals surface area contributed by atoms with Crippen molar-refractivity contribution >= 4 is 11.9 Å². The zero-order chi connectivity index (χ0) is 12.0. The van der Waals surface area contributed by atoms with Crippen LogP contribution in [0.2, 0.25) is 0 Å². The fourth-order valence-corrected chi connectivity index (χ4v) is 1.51. The van der Waals surface area contributed by atoms with Gasteiger partial charge in [-0.3, -0.25) is 9.59 Å². The molecule has 0 spiro atoms. The Bertz CT molecular complexity index is 280. The van der Waals surface area contributed by atoms with Crippen molar-refractivity contribution in [3.05, 3.63) is 12.7 Å². The largest absolute Gasteiger partial charge is 0.480 e. The summed E-state index contributed by atoms with van der Waals surface area (Å²) in [5.41, 5.74) is 0. The van der Waals surface area contributed by atoms with Gasteiger partial charge in [-0.15, -0.1) is 0 Å². The second-order valence-electron chi connectivity index (χ2n) is 3.58. The number of rotatable bonds is 6. The average Bonchev–Trinajstić information content (AvgIpc) is 2.72. The predicted octanol–water partition coefficient (Wildman–Crippen LogP) is -0.880. The first-order valence-corrected chi connectivity index (χ1v) is 5.09. The third-order valence-electron chi connectivity index (χ3n) is 2.33. The number of nitrogens with one attached hydrogen (secondary N) is 2. The highest BCUT2D eigenvalue weighted by Gasteiger charge is 2.28. The van der Waals surface area contributed by atoms with Crippen LogP contribution < -0.4 is 10.6 Å². The number of hydrogen-bond donors (Lipinski definition) is 3. The first-order chi connectivity index (χ1) is 7.63. The minimum Gasteiger partial charge on any atom is -0.480 e. The quantitative estimate of drug-likeness (QED) is 0.404. The van der Waals surface area contributed by atoms with E-state index >= 15 is 0 Å². The molecule has 1 fully saturated rings. The van der Waals surface area contributed by atoms with Gasteiger partial charge in [0.2, 0.25) is 0 Å². The van der Waals surface area contributed by atoms with Crippen LogP contribution in [-0.4, -0.2) is 48.8 Å². The van der Waals surface area contributed by atoms with Gasteiger partial charge < -0.3 is 20.5 Å². The minimum atomic E-state index is -0.862. The predicted molar refractivity (Wildman–Crippen MR) is 57.0 cm³/mol. The van der Waals surface area contributed by atoms with Gasteiger partial charge in [-0.1, -0.05) is 12.7 Å². The molecule has 3 N–H and O–H groups in total. The lowest BCUT2D eigenvalue weighted by Gasteiger charge is -2.10. The molecule has 6 heteroatoms. The second kappa shape index (κ2) is 6.24. The second-order valence-corrected chi connectivity index (χ2v) is 3.58. The molecular formula is C10H16N2O4. The van der Waals surface area contributed by atoms with Crippen LogP contribution in [0.3, 0.4) is 0 Å². The SMILES string of the molecule is C=CCOC(=O)CN[C@@H]1CN[C@@H](C(=O)O)C1. The van der Waals surface area contributed by atoms with E-state index in [1.165, 1.54) is 6.08 Å².